The Bertz CT molecular complexity index is 969. The van der Waals surface area contributed by atoms with E-state index in [1.165, 1.54) is 0 Å². The van der Waals surface area contributed by atoms with E-state index in [0.29, 0.717) is 0 Å². The summed E-state index contributed by atoms with van der Waals surface area (Å²) in [5, 5.41) is 0. The average Bonchev–Trinajstić information content (AvgIpc) is 2.67. The normalized spacial score (nSPS) is 15.9. The maximum Gasteiger partial charge on any atom is 0.416 e. The highest BCUT2D eigenvalue weighted by Crippen LogP contribution is 2.40. The summed E-state index contributed by atoms with van der Waals surface area (Å²) in [7, 11) is 1.93. The van der Waals surface area contributed by atoms with Gasteiger partial charge in [0.25, 0.3) is 0 Å². The Morgan fingerprint density at radius 1 is 1.16 bits per heavy atom. The van der Waals surface area contributed by atoms with Gasteiger partial charge in [-0.2, -0.15) is 13.2 Å². The van der Waals surface area contributed by atoms with Gasteiger partial charge in [-0.25, -0.2) is 9.38 Å². The van der Waals surface area contributed by atoms with Gasteiger partial charge in [-0.1, -0.05) is 6.07 Å². The summed E-state index contributed by atoms with van der Waals surface area (Å²) < 4.78 is 64.9. The van der Waals surface area contributed by atoms with Crippen molar-refractivity contribution in [1.29, 1.82) is 0 Å². The minimum Gasteiger partial charge on any atom is -0.375 e. The van der Waals surface area contributed by atoms with Crippen LogP contribution < -0.4 is 0 Å². The maximum absolute atomic E-state index is 13.6. The Labute approximate surface area is 179 Å². The van der Waals surface area contributed by atoms with Gasteiger partial charge in [0, 0.05) is 13.6 Å². The second kappa shape index (κ2) is 8.96. The summed E-state index contributed by atoms with van der Waals surface area (Å²) in [6.45, 7) is 6.72. The molecule has 0 radical (unpaired) electrons. The zero-order valence-electron chi connectivity index (χ0n) is 18.0. The Balaban J connectivity index is 1.88. The van der Waals surface area contributed by atoms with Gasteiger partial charge in [0.05, 0.1) is 37.4 Å². The van der Waals surface area contributed by atoms with Crippen molar-refractivity contribution in [3.63, 3.8) is 0 Å². The number of hydrogen-bond donors (Lipinski definition) is 0. The Morgan fingerprint density at radius 3 is 2.45 bits per heavy atom. The van der Waals surface area contributed by atoms with Gasteiger partial charge in [-0.05, 0) is 67.3 Å². The summed E-state index contributed by atoms with van der Waals surface area (Å²) in [6, 6.07) is 6.28. The van der Waals surface area contributed by atoms with E-state index in [1.54, 1.807) is 6.34 Å². The number of nitrogens with zero attached hydrogens (tertiary/aromatic N) is 2. The van der Waals surface area contributed by atoms with E-state index in [1.807, 2.05) is 44.9 Å². The molecular weight excluding hydrogens is 412 g/mol. The first kappa shape index (κ1) is 23.2. The first-order chi connectivity index (χ1) is 14.6. The fourth-order valence-corrected chi connectivity index (χ4v) is 3.45. The number of benzene rings is 2. The van der Waals surface area contributed by atoms with E-state index in [0.717, 1.165) is 47.1 Å². The van der Waals surface area contributed by atoms with Crippen LogP contribution in [0.15, 0.2) is 35.3 Å². The van der Waals surface area contributed by atoms with Crippen LogP contribution in [-0.2, 0) is 27.9 Å². The van der Waals surface area contributed by atoms with Gasteiger partial charge in [0.1, 0.15) is 11.4 Å². The third-order valence-electron chi connectivity index (χ3n) is 5.47. The highest BCUT2D eigenvalue weighted by Gasteiger charge is 2.43. The molecule has 8 heteroatoms. The number of alkyl halides is 3. The predicted octanol–water partition coefficient (Wildman–Crippen LogP) is 5.52. The lowest BCUT2D eigenvalue weighted by Crippen LogP contribution is -2.49. The molecule has 4 nitrogen and oxygen atoms in total. The lowest BCUT2D eigenvalue weighted by Gasteiger charge is -2.42. The van der Waals surface area contributed by atoms with Crippen molar-refractivity contribution in [1.82, 2.24) is 4.90 Å². The number of halogens is 4. The fourth-order valence-electron chi connectivity index (χ4n) is 3.45. The first-order valence-electron chi connectivity index (χ1n) is 9.99. The van der Waals surface area contributed by atoms with Crippen molar-refractivity contribution in [2.45, 2.75) is 39.2 Å². The van der Waals surface area contributed by atoms with Gasteiger partial charge in [0.2, 0.25) is 0 Å². The van der Waals surface area contributed by atoms with Crippen LogP contribution in [-0.4, -0.2) is 38.0 Å². The summed E-state index contributed by atoms with van der Waals surface area (Å²) in [6.07, 6.45) is -2.84. The third-order valence-corrected chi connectivity index (χ3v) is 5.47. The molecular formula is C23H26F4N2O2. The summed E-state index contributed by atoms with van der Waals surface area (Å²) >= 11 is 0. The zero-order chi connectivity index (χ0) is 22.8. The number of aliphatic imine (C=N–C) groups is 1. The molecule has 0 saturated carbocycles. The van der Waals surface area contributed by atoms with E-state index < -0.39 is 23.2 Å². The van der Waals surface area contributed by atoms with Crippen molar-refractivity contribution in [2.75, 3.05) is 26.8 Å². The van der Waals surface area contributed by atoms with Crippen molar-refractivity contribution >= 4 is 12.0 Å². The molecule has 0 bridgehead atoms. The van der Waals surface area contributed by atoms with Gasteiger partial charge in [-0.3, -0.25) is 0 Å². The molecule has 0 aromatic heterocycles. The van der Waals surface area contributed by atoms with Crippen molar-refractivity contribution < 1.29 is 27.0 Å². The number of rotatable bonds is 7. The molecule has 1 heterocycles. The average molecular weight is 438 g/mol. The van der Waals surface area contributed by atoms with Crippen LogP contribution in [0.5, 0.6) is 0 Å². The molecule has 0 spiro atoms. The smallest absolute Gasteiger partial charge is 0.375 e. The van der Waals surface area contributed by atoms with Crippen LogP contribution in [0.4, 0.5) is 23.2 Å². The summed E-state index contributed by atoms with van der Waals surface area (Å²) in [5.74, 6) is -0.739. The Hall–Kier alpha value is -2.45. The largest absolute Gasteiger partial charge is 0.416 e. The molecule has 2 aromatic rings. The number of hydrogen-bond acceptors (Lipinski definition) is 3. The second-order valence-corrected chi connectivity index (χ2v) is 7.85. The Morgan fingerprint density at radius 2 is 1.87 bits per heavy atom. The molecule has 31 heavy (non-hydrogen) atoms. The van der Waals surface area contributed by atoms with Crippen LogP contribution in [0.3, 0.4) is 0 Å². The van der Waals surface area contributed by atoms with Crippen LogP contribution >= 0.6 is 0 Å². The third kappa shape index (κ3) is 5.07. The van der Waals surface area contributed by atoms with Crippen molar-refractivity contribution in [2.24, 2.45) is 4.99 Å². The number of aryl methyl sites for hydroxylation is 2. The topological polar surface area (TPSA) is 34.1 Å². The van der Waals surface area contributed by atoms with Crippen LogP contribution in [0, 0.1) is 19.7 Å². The summed E-state index contributed by atoms with van der Waals surface area (Å²) in [4.78, 5) is 6.46. The Kier molecular flexibility index (Phi) is 6.71. The quantitative estimate of drug-likeness (QED) is 0.325. The second-order valence-electron chi connectivity index (χ2n) is 7.85. The van der Waals surface area contributed by atoms with Crippen LogP contribution in [0.1, 0.15) is 34.7 Å². The van der Waals surface area contributed by atoms with E-state index in [9.17, 15) is 17.6 Å². The number of ether oxygens (including phenoxy) is 2. The molecule has 0 atom stereocenters. The van der Waals surface area contributed by atoms with Gasteiger partial charge in [0.15, 0.2) is 0 Å². The highest BCUT2D eigenvalue weighted by molar-refractivity contribution is 5.64. The molecule has 0 amide bonds. The molecule has 2 aromatic carbocycles. The lowest BCUT2D eigenvalue weighted by atomic mass is 9.86. The molecule has 1 saturated heterocycles. The van der Waals surface area contributed by atoms with Gasteiger partial charge < -0.3 is 14.4 Å². The molecule has 1 aliphatic heterocycles. The van der Waals surface area contributed by atoms with Gasteiger partial charge in [-0.15, -0.1) is 0 Å². The monoisotopic (exact) mass is 438 g/mol. The van der Waals surface area contributed by atoms with Crippen molar-refractivity contribution in [3.8, 4) is 0 Å². The molecule has 3 rings (SSSR count). The maximum atomic E-state index is 13.6. The predicted molar refractivity (Wildman–Crippen MR) is 111 cm³/mol. The molecule has 0 aliphatic carbocycles. The van der Waals surface area contributed by atoms with E-state index in [4.69, 9.17) is 9.47 Å². The van der Waals surface area contributed by atoms with E-state index >= 15 is 0 Å². The molecule has 0 N–H and O–H groups in total. The van der Waals surface area contributed by atoms with Gasteiger partial charge >= 0.3 is 6.18 Å². The zero-order valence-corrected chi connectivity index (χ0v) is 18.0. The summed E-state index contributed by atoms with van der Waals surface area (Å²) in [5.41, 5.74) is 1.43. The molecule has 0 unspecified atom stereocenters. The molecule has 1 aliphatic rings. The molecule has 168 valence electrons. The minimum absolute atomic E-state index is 0.213. The molecule has 1 fully saturated rings. The van der Waals surface area contributed by atoms with Crippen LogP contribution in [0.2, 0.25) is 0 Å². The minimum atomic E-state index is -4.59. The fraction of sp³-hybridized carbons (Fsp3) is 0.435. The highest BCUT2D eigenvalue weighted by atomic mass is 19.4. The standard InChI is InChI=1S/C23H26F4N2O2/c1-5-29(4)14-28-21-9-15(2)20(8-16(21)3)22(12-30-13-22)31-11-17-10-18(24)6-7-19(17)23(25,26)27/h6-10,14H,5,11-13H2,1-4H3. The van der Waals surface area contributed by atoms with Crippen LogP contribution in [0.25, 0.3) is 0 Å². The van der Waals surface area contributed by atoms with E-state index in [2.05, 4.69) is 4.99 Å². The SMILES string of the molecule is CCN(C)C=Nc1cc(C)c(C2(OCc3cc(F)ccc3C(F)(F)F)COC2)cc1C. The van der Waals surface area contributed by atoms with Crippen molar-refractivity contribution in [3.05, 3.63) is 64.0 Å². The van der Waals surface area contributed by atoms with E-state index in [-0.39, 0.29) is 25.4 Å². The lowest BCUT2D eigenvalue weighted by molar-refractivity contribution is -0.224. The first-order valence-corrected chi connectivity index (χ1v) is 9.99.